The number of halogens is 1. The molecule has 1 amide bonds. The molecule has 0 radical (unpaired) electrons. The van der Waals surface area contributed by atoms with Gasteiger partial charge in [0.05, 0.1) is 18.4 Å². The van der Waals surface area contributed by atoms with Crippen LogP contribution in [0.4, 0.5) is 4.79 Å². The number of piperidine rings is 1. The number of guanidine groups is 1. The summed E-state index contributed by atoms with van der Waals surface area (Å²) < 4.78 is 7.66. The maximum absolute atomic E-state index is 12.5. The van der Waals surface area contributed by atoms with E-state index in [1.807, 2.05) is 69.8 Å². The number of aliphatic imine (C=N–C) groups is 1. The molecule has 1 aromatic carbocycles. The van der Waals surface area contributed by atoms with Crippen LogP contribution in [0.2, 0.25) is 0 Å². The number of imidazole rings is 1. The topological polar surface area (TPSA) is 83.8 Å². The molecule has 0 bridgehead atoms. The Morgan fingerprint density at radius 1 is 1.30 bits per heavy atom. The van der Waals surface area contributed by atoms with Crippen LogP contribution in [0.5, 0.6) is 0 Å². The van der Waals surface area contributed by atoms with Gasteiger partial charge in [0.25, 0.3) is 0 Å². The highest BCUT2D eigenvalue weighted by Gasteiger charge is 2.29. The zero-order valence-corrected chi connectivity index (χ0v) is 22.5. The summed E-state index contributed by atoms with van der Waals surface area (Å²) in [7, 11) is 1.80. The van der Waals surface area contributed by atoms with Crippen molar-refractivity contribution in [2.45, 2.75) is 51.8 Å². The molecule has 1 aliphatic rings. The first-order valence-electron chi connectivity index (χ1n) is 11.2. The van der Waals surface area contributed by atoms with Crippen LogP contribution < -0.4 is 10.6 Å². The Kier molecular flexibility index (Phi) is 10.00. The number of carbonyl (C=O) groups is 1. The quantitative estimate of drug-likeness (QED) is 0.321. The molecule has 9 heteroatoms. The summed E-state index contributed by atoms with van der Waals surface area (Å²) in [4.78, 5) is 23.5. The number of alkyl carbamates (subject to hydrolysis) is 1. The average molecular weight is 569 g/mol. The normalized spacial score (nSPS) is 19.9. The van der Waals surface area contributed by atoms with Crippen molar-refractivity contribution in [1.29, 1.82) is 0 Å². The van der Waals surface area contributed by atoms with Gasteiger partial charge in [-0.25, -0.2) is 9.78 Å². The lowest BCUT2D eigenvalue weighted by Gasteiger charge is -2.39. The number of benzene rings is 1. The number of hydrogen-bond donors (Lipinski definition) is 2. The molecule has 1 saturated heterocycles. The number of ether oxygens (including phenoxy) is 1. The first-order chi connectivity index (χ1) is 15.3. The van der Waals surface area contributed by atoms with Crippen molar-refractivity contribution in [2.24, 2.45) is 10.9 Å². The van der Waals surface area contributed by atoms with Crippen LogP contribution >= 0.6 is 24.0 Å². The lowest BCUT2D eigenvalue weighted by molar-refractivity contribution is 0.0504. The number of nitrogens with one attached hydrogen (secondary N) is 2. The predicted molar refractivity (Wildman–Crippen MR) is 142 cm³/mol. The van der Waals surface area contributed by atoms with Crippen LogP contribution in [0.25, 0.3) is 0 Å². The zero-order chi connectivity index (χ0) is 23.1. The van der Waals surface area contributed by atoms with Crippen molar-refractivity contribution in [3.63, 3.8) is 0 Å². The van der Waals surface area contributed by atoms with Crippen molar-refractivity contribution in [1.82, 2.24) is 25.1 Å². The highest BCUT2D eigenvalue weighted by molar-refractivity contribution is 14.0. The second kappa shape index (κ2) is 12.2. The van der Waals surface area contributed by atoms with Gasteiger partial charge in [-0.15, -0.1) is 24.0 Å². The molecule has 8 nitrogen and oxygen atoms in total. The smallest absolute Gasteiger partial charge is 0.408 e. The number of hydrogen-bond acceptors (Lipinski definition) is 4. The van der Waals surface area contributed by atoms with Gasteiger partial charge in [-0.1, -0.05) is 37.3 Å². The van der Waals surface area contributed by atoms with Gasteiger partial charge < -0.3 is 24.8 Å². The average Bonchev–Trinajstić information content (AvgIpc) is 3.28. The number of rotatable bonds is 5. The Labute approximate surface area is 214 Å². The number of amides is 1. The molecule has 2 N–H and O–H groups in total. The number of carbonyl (C=O) groups excluding carboxylic acids is 1. The molecule has 1 fully saturated rings. The van der Waals surface area contributed by atoms with E-state index in [0.717, 1.165) is 31.0 Å². The molecule has 182 valence electrons. The molecule has 3 rings (SSSR count). The fourth-order valence-electron chi connectivity index (χ4n) is 4.01. The third-order valence-electron chi connectivity index (χ3n) is 5.70. The van der Waals surface area contributed by atoms with E-state index in [2.05, 4.69) is 37.0 Å². The first kappa shape index (κ1) is 26.9. The number of likely N-dealkylation sites (tertiary alicyclic amines) is 1. The molecule has 2 heterocycles. The standard InChI is InChI=1S/C24H36N6O2.HI/c1-18-11-13-29(16-21(18)30-14-12-26-17-30)22(25-5)27-15-20(19-9-7-6-8-10-19)28-23(31)32-24(2,3)4;/h6-10,12,14,17-18,20-21H,11,13,15-16H2,1-5H3,(H,25,27)(H,28,31);1H. The highest BCUT2D eigenvalue weighted by atomic mass is 127. The third-order valence-corrected chi connectivity index (χ3v) is 5.70. The van der Waals surface area contributed by atoms with E-state index in [0.29, 0.717) is 18.5 Å². The van der Waals surface area contributed by atoms with Crippen LogP contribution in [-0.4, -0.2) is 58.8 Å². The first-order valence-corrected chi connectivity index (χ1v) is 11.2. The van der Waals surface area contributed by atoms with Gasteiger partial charge in [0.1, 0.15) is 5.60 Å². The Hall–Kier alpha value is -2.30. The fraction of sp³-hybridized carbons (Fsp3) is 0.542. The maximum atomic E-state index is 12.5. The monoisotopic (exact) mass is 568 g/mol. The van der Waals surface area contributed by atoms with Crippen LogP contribution in [0.15, 0.2) is 54.0 Å². The van der Waals surface area contributed by atoms with Gasteiger partial charge in [0.15, 0.2) is 5.96 Å². The van der Waals surface area contributed by atoms with E-state index in [1.54, 1.807) is 7.05 Å². The van der Waals surface area contributed by atoms with Crippen LogP contribution in [-0.2, 0) is 4.74 Å². The Morgan fingerprint density at radius 3 is 2.64 bits per heavy atom. The minimum absolute atomic E-state index is 0. The molecule has 1 aliphatic heterocycles. The van der Waals surface area contributed by atoms with E-state index in [1.165, 1.54) is 0 Å². The molecule has 0 saturated carbocycles. The molecule has 1 aromatic heterocycles. The minimum atomic E-state index is -0.554. The molecule has 2 aromatic rings. The van der Waals surface area contributed by atoms with Crippen molar-refractivity contribution >= 4 is 36.0 Å². The summed E-state index contributed by atoms with van der Waals surface area (Å²) in [6.45, 7) is 10.1. The summed E-state index contributed by atoms with van der Waals surface area (Å²) >= 11 is 0. The molecule has 0 aliphatic carbocycles. The molecule has 3 atom stereocenters. The van der Waals surface area contributed by atoms with Gasteiger partial charge in [0.2, 0.25) is 0 Å². The molecule has 33 heavy (non-hydrogen) atoms. The predicted octanol–water partition coefficient (Wildman–Crippen LogP) is 4.23. The molecular weight excluding hydrogens is 531 g/mol. The van der Waals surface area contributed by atoms with Crippen molar-refractivity contribution in [2.75, 3.05) is 26.7 Å². The van der Waals surface area contributed by atoms with Gasteiger partial charge in [0, 0.05) is 39.1 Å². The Morgan fingerprint density at radius 2 is 2.03 bits per heavy atom. The summed E-state index contributed by atoms with van der Waals surface area (Å²) in [5, 5.41) is 6.47. The van der Waals surface area contributed by atoms with Gasteiger partial charge in [-0.3, -0.25) is 4.99 Å². The van der Waals surface area contributed by atoms with Gasteiger partial charge >= 0.3 is 6.09 Å². The van der Waals surface area contributed by atoms with E-state index in [9.17, 15) is 4.79 Å². The third kappa shape index (κ3) is 7.90. The maximum Gasteiger partial charge on any atom is 0.408 e. The van der Waals surface area contributed by atoms with Crippen LogP contribution in [0.3, 0.4) is 0 Å². The van der Waals surface area contributed by atoms with E-state index < -0.39 is 11.7 Å². The zero-order valence-electron chi connectivity index (χ0n) is 20.2. The van der Waals surface area contributed by atoms with Gasteiger partial charge in [-0.05, 0) is 38.7 Å². The summed E-state index contributed by atoms with van der Waals surface area (Å²) in [5.74, 6) is 1.39. The van der Waals surface area contributed by atoms with E-state index in [4.69, 9.17) is 4.74 Å². The fourth-order valence-corrected chi connectivity index (χ4v) is 4.01. The number of aromatic nitrogens is 2. The second-order valence-electron chi connectivity index (χ2n) is 9.33. The molecular formula is C24H37IN6O2. The largest absolute Gasteiger partial charge is 0.444 e. The van der Waals surface area contributed by atoms with E-state index >= 15 is 0 Å². The summed E-state index contributed by atoms with van der Waals surface area (Å²) in [6, 6.07) is 10.00. The van der Waals surface area contributed by atoms with Crippen molar-refractivity contribution in [3.8, 4) is 0 Å². The van der Waals surface area contributed by atoms with Crippen molar-refractivity contribution < 1.29 is 9.53 Å². The number of nitrogens with zero attached hydrogens (tertiary/aromatic N) is 4. The Bertz CT molecular complexity index is 882. The summed E-state index contributed by atoms with van der Waals surface area (Å²) in [6.07, 6.45) is 6.37. The van der Waals surface area contributed by atoms with E-state index in [-0.39, 0.29) is 30.0 Å². The van der Waals surface area contributed by atoms with Crippen LogP contribution in [0, 0.1) is 5.92 Å². The molecule has 3 unspecified atom stereocenters. The SMILES string of the molecule is CN=C(NCC(NC(=O)OC(C)(C)C)c1ccccc1)N1CCC(C)C(n2ccnc2)C1.I. The highest BCUT2D eigenvalue weighted by Crippen LogP contribution is 2.27. The minimum Gasteiger partial charge on any atom is -0.444 e. The lowest BCUT2D eigenvalue weighted by Crippen LogP contribution is -2.50. The Balaban J connectivity index is 0.00000385. The van der Waals surface area contributed by atoms with Crippen molar-refractivity contribution in [3.05, 3.63) is 54.6 Å². The summed E-state index contributed by atoms with van der Waals surface area (Å²) in [5.41, 5.74) is 0.451. The van der Waals surface area contributed by atoms with Crippen LogP contribution in [0.1, 0.15) is 51.8 Å². The molecule has 0 spiro atoms. The lowest BCUT2D eigenvalue weighted by atomic mass is 9.93. The van der Waals surface area contributed by atoms with Gasteiger partial charge in [-0.2, -0.15) is 0 Å². The second-order valence-corrected chi connectivity index (χ2v) is 9.33.